The molecule has 0 unspecified atom stereocenters. The fourth-order valence-electron chi connectivity index (χ4n) is 2.65. The van der Waals surface area contributed by atoms with Crippen LogP contribution >= 0.6 is 0 Å². The number of aryl methyl sites for hydroxylation is 2. The van der Waals surface area contributed by atoms with Crippen molar-refractivity contribution < 1.29 is 18.0 Å². The number of anilines is 1. The highest BCUT2D eigenvalue weighted by atomic mass is 19.4. The minimum Gasteiger partial charge on any atom is -0.326 e. The molecule has 0 aliphatic rings. The number of rotatable bonds is 4. The second-order valence-electron chi connectivity index (χ2n) is 6.10. The molecule has 3 rings (SSSR count). The number of amides is 1. The minimum atomic E-state index is -4.35. The number of hydrogen-bond donors (Lipinski definition) is 1. The van der Waals surface area contributed by atoms with E-state index in [1.165, 1.54) is 12.1 Å². The molecule has 0 spiro atoms. The third kappa shape index (κ3) is 4.39. The van der Waals surface area contributed by atoms with E-state index in [9.17, 15) is 18.0 Å². The molecule has 0 aliphatic heterocycles. The zero-order valence-corrected chi connectivity index (χ0v) is 14.1. The van der Waals surface area contributed by atoms with Gasteiger partial charge in [0.2, 0.25) is 5.91 Å². The van der Waals surface area contributed by atoms with E-state index in [4.69, 9.17) is 0 Å². The topological polar surface area (TPSA) is 42.0 Å². The Balaban J connectivity index is 1.59. The molecule has 0 fully saturated rings. The monoisotopic (exact) mass is 358 g/mol. The number of halogens is 3. The molecular formula is C20H17F3N2O. The Bertz CT molecular complexity index is 934. The van der Waals surface area contributed by atoms with Gasteiger partial charge >= 0.3 is 6.18 Å². The summed E-state index contributed by atoms with van der Waals surface area (Å²) in [6.07, 6.45) is -3.78. The zero-order chi connectivity index (χ0) is 18.7. The van der Waals surface area contributed by atoms with Crippen molar-refractivity contribution in [1.82, 2.24) is 4.98 Å². The number of carbonyl (C=O) groups excluding carboxylic acids is 1. The first-order chi connectivity index (χ1) is 12.3. The van der Waals surface area contributed by atoms with Crippen LogP contribution in [0.25, 0.3) is 10.9 Å². The number of fused-ring (bicyclic) bond motifs is 1. The average Bonchev–Trinajstić information content (AvgIpc) is 2.60. The molecule has 3 aromatic rings. The molecule has 26 heavy (non-hydrogen) atoms. The lowest BCUT2D eigenvalue weighted by molar-refractivity contribution is -0.137. The van der Waals surface area contributed by atoms with Gasteiger partial charge in [-0.25, -0.2) is 0 Å². The maximum absolute atomic E-state index is 12.5. The zero-order valence-electron chi connectivity index (χ0n) is 14.1. The summed E-state index contributed by atoms with van der Waals surface area (Å²) >= 11 is 0. The van der Waals surface area contributed by atoms with Crippen molar-refractivity contribution in [2.75, 3.05) is 5.32 Å². The molecule has 0 aliphatic carbocycles. The SMILES string of the molecule is Cc1ccc2cc(NC(=O)CCc3ccc(C(F)(F)F)cc3)ccc2n1. The summed E-state index contributed by atoms with van der Waals surface area (Å²) in [5, 5.41) is 3.73. The van der Waals surface area contributed by atoms with E-state index in [1.807, 2.05) is 31.2 Å². The molecule has 1 N–H and O–H groups in total. The van der Waals surface area contributed by atoms with Crippen molar-refractivity contribution >= 4 is 22.5 Å². The molecule has 6 heteroatoms. The molecule has 0 saturated carbocycles. The van der Waals surface area contributed by atoms with Gasteiger partial charge in [-0.05, 0) is 55.3 Å². The van der Waals surface area contributed by atoms with Crippen LogP contribution in [0, 0.1) is 6.92 Å². The van der Waals surface area contributed by atoms with Crippen LogP contribution in [-0.2, 0) is 17.4 Å². The molecule has 0 atom stereocenters. The molecular weight excluding hydrogens is 341 g/mol. The molecule has 0 saturated heterocycles. The molecule has 3 nitrogen and oxygen atoms in total. The number of alkyl halides is 3. The smallest absolute Gasteiger partial charge is 0.326 e. The molecule has 1 aromatic heterocycles. The number of aromatic nitrogens is 1. The first-order valence-electron chi connectivity index (χ1n) is 8.15. The van der Waals surface area contributed by atoms with Crippen LogP contribution < -0.4 is 5.32 Å². The molecule has 2 aromatic carbocycles. The van der Waals surface area contributed by atoms with Gasteiger partial charge in [0, 0.05) is 23.2 Å². The summed E-state index contributed by atoms with van der Waals surface area (Å²) in [4.78, 5) is 16.5. The number of nitrogens with zero attached hydrogens (tertiary/aromatic N) is 1. The molecule has 134 valence electrons. The predicted octanol–water partition coefficient (Wildman–Crippen LogP) is 5.13. The quantitative estimate of drug-likeness (QED) is 0.702. The van der Waals surface area contributed by atoms with Crippen LogP contribution in [0.2, 0.25) is 0 Å². The highest BCUT2D eigenvalue weighted by Crippen LogP contribution is 2.29. The van der Waals surface area contributed by atoms with E-state index in [0.717, 1.165) is 28.7 Å². The van der Waals surface area contributed by atoms with Gasteiger partial charge in [0.15, 0.2) is 0 Å². The summed E-state index contributed by atoms with van der Waals surface area (Å²) in [6, 6.07) is 14.2. The highest BCUT2D eigenvalue weighted by Gasteiger charge is 2.29. The van der Waals surface area contributed by atoms with Crippen molar-refractivity contribution in [3.8, 4) is 0 Å². The molecule has 1 amide bonds. The van der Waals surface area contributed by atoms with Crippen molar-refractivity contribution in [1.29, 1.82) is 0 Å². The van der Waals surface area contributed by atoms with Crippen LogP contribution in [0.1, 0.15) is 23.2 Å². The lowest BCUT2D eigenvalue weighted by Gasteiger charge is -2.09. The Labute approximate surface area is 148 Å². The van der Waals surface area contributed by atoms with E-state index < -0.39 is 11.7 Å². The average molecular weight is 358 g/mol. The Morgan fingerprint density at radius 3 is 2.46 bits per heavy atom. The molecule has 0 bridgehead atoms. The summed E-state index contributed by atoms with van der Waals surface area (Å²) in [5.74, 6) is -0.190. The van der Waals surface area contributed by atoms with Crippen molar-refractivity contribution in [3.05, 3.63) is 71.4 Å². The Kier molecular flexibility index (Phi) is 4.93. The van der Waals surface area contributed by atoms with Crippen molar-refractivity contribution in [3.63, 3.8) is 0 Å². The number of pyridine rings is 1. The largest absolute Gasteiger partial charge is 0.416 e. The summed E-state index contributed by atoms with van der Waals surface area (Å²) in [5.41, 5.74) is 2.44. The number of nitrogens with one attached hydrogen (secondary N) is 1. The van der Waals surface area contributed by atoms with Gasteiger partial charge < -0.3 is 5.32 Å². The summed E-state index contributed by atoms with van der Waals surface area (Å²) in [6.45, 7) is 1.91. The molecule has 1 heterocycles. The van der Waals surface area contributed by atoms with Gasteiger partial charge in [-0.3, -0.25) is 9.78 Å². The Morgan fingerprint density at radius 2 is 1.77 bits per heavy atom. The van der Waals surface area contributed by atoms with Crippen LogP contribution in [-0.4, -0.2) is 10.9 Å². The van der Waals surface area contributed by atoms with E-state index >= 15 is 0 Å². The first kappa shape index (κ1) is 17.9. The van der Waals surface area contributed by atoms with Gasteiger partial charge in [-0.1, -0.05) is 18.2 Å². The second-order valence-corrected chi connectivity index (χ2v) is 6.10. The van der Waals surface area contributed by atoms with Gasteiger partial charge in [-0.15, -0.1) is 0 Å². The maximum atomic E-state index is 12.5. The van der Waals surface area contributed by atoms with E-state index in [0.29, 0.717) is 17.7 Å². The second kappa shape index (κ2) is 7.15. The van der Waals surface area contributed by atoms with Crippen LogP contribution in [0.5, 0.6) is 0 Å². The van der Waals surface area contributed by atoms with Gasteiger partial charge in [-0.2, -0.15) is 13.2 Å². The Morgan fingerprint density at radius 1 is 1.04 bits per heavy atom. The predicted molar refractivity (Wildman–Crippen MR) is 94.9 cm³/mol. The summed E-state index contributed by atoms with van der Waals surface area (Å²) in [7, 11) is 0. The van der Waals surface area contributed by atoms with E-state index in [2.05, 4.69) is 10.3 Å². The standard InChI is InChI=1S/C20H17F3N2O/c1-13-2-6-15-12-17(9-10-18(15)24-13)25-19(26)11-5-14-3-7-16(8-4-14)20(21,22)23/h2-4,6-10,12H,5,11H2,1H3,(H,25,26). The van der Waals surface area contributed by atoms with E-state index in [-0.39, 0.29) is 12.3 Å². The van der Waals surface area contributed by atoms with E-state index in [1.54, 1.807) is 6.07 Å². The van der Waals surface area contributed by atoms with Gasteiger partial charge in [0.05, 0.1) is 11.1 Å². The number of hydrogen-bond acceptors (Lipinski definition) is 2. The van der Waals surface area contributed by atoms with Crippen molar-refractivity contribution in [2.24, 2.45) is 0 Å². The summed E-state index contributed by atoms with van der Waals surface area (Å²) < 4.78 is 37.6. The lowest BCUT2D eigenvalue weighted by atomic mass is 10.1. The van der Waals surface area contributed by atoms with Crippen LogP contribution in [0.3, 0.4) is 0 Å². The van der Waals surface area contributed by atoms with Crippen molar-refractivity contribution in [2.45, 2.75) is 25.9 Å². The first-order valence-corrected chi connectivity index (χ1v) is 8.15. The third-order valence-electron chi connectivity index (χ3n) is 4.03. The number of benzene rings is 2. The maximum Gasteiger partial charge on any atom is 0.416 e. The van der Waals surface area contributed by atoms with Gasteiger partial charge in [0.25, 0.3) is 0 Å². The highest BCUT2D eigenvalue weighted by molar-refractivity contribution is 5.93. The van der Waals surface area contributed by atoms with Crippen LogP contribution in [0.4, 0.5) is 18.9 Å². The lowest BCUT2D eigenvalue weighted by Crippen LogP contribution is -2.12. The third-order valence-corrected chi connectivity index (χ3v) is 4.03. The normalized spacial score (nSPS) is 11.5. The fraction of sp³-hybridized carbons (Fsp3) is 0.200. The number of carbonyl (C=O) groups is 1. The molecule has 0 radical (unpaired) electrons. The minimum absolute atomic E-state index is 0.190. The van der Waals surface area contributed by atoms with Crippen LogP contribution in [0.15, 0.2) is 54.6 Å². The fourth-order valence-corrected chi connectivity index (χ4v) is 2.65. The Hall–Kier alpha value is -2.89. The van der Waals surface area contributed by atoms with Gasteiger partial charge in [0.1, 0.15) is 0 Å².